The third kappa shape index (κ3) is 3.10. The van der Waals surface area contributed by atoms with E-state index in [9.17, 15) is 14.0 Å². The number of hydrogen-bond donors (Lipinski definition) is 0. The zero-order valence-corrected chi connectivity index (χ0v) is 17.2. The molecule has 4 nitrogen and oxygen atoms in total. The molecule has 142 valence electrons. The Morgan fingerprint density at radius 3 is 2.68 bits per heavy atom. The van der Waals surface area contributed by atoms with Crippen LogP contribution in [0.5, 0.6) is 0 Å². The predicted octanol–water partition coefficient (Wildman–Crippen LogP) is 5.13. The lowest BCUT2D eigenvalue weighted by Crippen LogP contribution is -2.27. The van der Waals surface area contributed by atoms with E-state index in [-0.39, 0.29) is 23.7 Å². The van der Waals surface area contributed by atoms with Crippen LogP contribution in [0, 0.1) is 26.6 Å². The Labute approximate surface area is 168 Å². The van der Waals surface area contributed by atoms with E-state index < -0.39 is 0 Å². The average molecular weight is 413 g/mol. The molecule has 4 rings (SSSR count). The molecule has 0 aliphatic rings. The number of aryl methyl sites for hydroxylation is 3. The van der Waals surface area contributed by atoms with Crippen LogP contribution in [0.25, 0.3) is 20.7 Å². The first-order chi connectivity index (χ1) is 13.4. The molecule has 0 unspecified atom stereocenters. The Hall–Kier alpha value is -2.64. The highest BCUT2D eigenvalue weighted by molar-refractivity contribution is 7.20. The van der Waals surface area contributed by atoms with Crippen molar-refractivity contribution in [3.63, 3.8) is 0 Å². The first-order valence-corrected chi connectivity index (χ1v) is 10.4. The van der Waals surface area contributed by atoms with Crippen LogP contribution in [0.2, 0.25) is 0 Å². The second-order valence-corrected chi connectivity index (χ2v) is 8.78. The Morgan fingerprint density at radius 1 is 1.21 bits per heavy atom. The van der Waals surface area contributed by atoms with E-state index in [2.05, 4.69) is 4.98 Å². The van der Waals surface area contributed by atoms with Gasteiger partial charge in [-0.1, -0.05) is 6.07 Å². The zero-order chi connectivity index (χ0) is 20.0. The number of fused-ring (bicyclic) bond motifs is 1. The lowest BCUT2D eigenvalue weighted by atomic mass is 10.1. The molecule has 3 aromatic heterocycles. The third-order valence-electron chi connectivity index (χ3n) is 4.73. The van der Waals surface area contributed by atoms with Crippen molar-refractivity contribution < 1.29 is 9.18 Å². The van der Waals surface area contributed by atoms with E-state index in [0.717, 1.165) is 15.3 Å². The molecule has 0 bridgehead atoms. The molecule has 0 aliphatic carbocycles. The number of nitrogens with zero attached hydrogens (tertiary/aromatic N) is 2. The predicted molar refractivity (Wildman–Crippen MR) is 112 cm³/mol. The van der Waals surface area contributed by atoms with Gasteiger partial charge in [0.25, 0.3) is 5.56 Å². The molecule has 3 heterocycles. The number of benzene rings is 1. The fourth-order valence-corrected chi connectivity index (χ4v) is 5.22. The van der Waals surface area contributed by atoms with Crippen LogP contribution in [-0.4, -0.2) is 15.3 Å². The fourth-order valence-electron chi connectivity index (χ4n) is 3.25. The molecule has 1 aromatic carbocycles. The number of rotatable bonds is 4. The number of Topliss-reactive ketones (excluding diaryl/α,β-unsaturated/α-hetero) is 1. The summed E-state index contributed by atoms with van der Waals surface area (Å²) in [5, 5.41) is 2.53. The first kappa shape index (κ1) is 18.7. The number of carbonyl (C=O) groups excluding carboxylic acids is 1. The van der Waals surface area contributed by atoms with Gasteiger partial charge in [-0.25, -0.2) is 9.37 Å². The Balaban J connectivity index is 1.83. The van der Waals surface area contributed by atoms with Crippen LogP contribution in [0.1, 0.15) is 26.6 Å². The number of aromatic nitrogens is 2. The molecule has 0 atom stereocenters. The van der Waals surface area contributed by atoms with Crippen LogP contribution >= 0.6 is 22.7 Å². The number of ketones is 1. The molecule has 0 saturated carbocycles. The molecule has 0 saturated heterocycles. The van der Waals surface area contributed by atoms with Gasteiger partial charge in [0.15, 0.2) is 5.78 Å². The molecule has 7 heteroatoms. The number of hydrogen-bond acceptors (Lipinski definition) is 5. The van der Waals surface area contributed by atoms with Gasteiger partial charge in [0.1, 0.15) is 16.5 Å². The molecular formula is C21H17FN2O2S2. The third-order valence-corrected chi connectivity index (χ3v) is 6.61. The fraction of sp³-hybridized carbons (Fsp3) is 0.190. The maximum Gasteiger partial charge on any atom is 0.263 e. The van der Waals surface area contributed by atoms with Gasteiger partial charge in [0.05, 0.1) is 11.9 Å². The standard InChI is InChI=1S/C21H17FN2O2S2/c1-11-9-14(6-7-15(11)22)16(25)10-24-13(3)23-20-19(21(24)26)18(12(2)28-20)17-5-4-8-27-17/h4-9H,10H2,1-3H3. The van der Waals surface area contributed by atoms with E-state index >= 15 is 0 Å². The monoisotopic (exact) mass is 412 g/mol. The second kappa shape index (κ2) is 7.07. The summed E-state index contributed by atoms with van der Waals surface area (Å²) in [6.45, 7) is 5.19. The lowest BCUT2D eigenvalue weighted by Gasteiger charge is -2.10. The Kier molecular flexibility index (Phi) is 4.72. The van der Waals surface area contributed by atoms with Crippen molar-refractivity contribution in [1.82, 2.24) is 9.55 Å². The Bertz CT molecular complexity index is 1270. The highest BCUT2D eigenvalue weighted by atomic mass is 32.1. The molecule has 28 heavy (non-hydrogen) atoms. The number of carbonyl (C=O) groups is 1. The van der Waals surface area contributed by atoms with Crippen molar-refractivity contribution in [2.45, 2.75) is 27.3 Å². The normalized spacial score (nSPS) is 11.3. The SMILES string of the molecule is Cc1cc(C(=O)Cn2c(C)nc3sc(C)c(-c4cccs4)c3c2=O)ccc1F. The van der Waals surface area contributed by atoms with Gasteiger partial charge in [-0.15, -0.1) is 22.7 Å². The summed E-state index contributed by atoms with van der Waals surface area (Å²) in [4.78, 5) is 33.3. The Morgan fingerprint density at radius 2 is 2.00 bits per heavy atom. The number of halogens is 1. The van der Waals surface area contributed by atoms with Crippen LogP contribution in [-0.2, 0) is 6.54 Å². The first-order valence-electron chi connectivity index (χ1n) is 8.70. The van der Waals surface area contributed by atoms with Crippen molar-refractivity contribution in [2.75, 3.05) is 0 Å². The van der Waals surface area contributed by atoms with Gasteiger partial charge in [-0.3, -0.25) is 14.2 Å². The van der Waals surface area contributed by atoms with Crippen molar-refractivity contribution in [3.8, 4) is 10.4 Å². The van der Waals surface area contributed by atoms with Crippen molar-refractivity contribution >= 4 is 38.7 Å². The molecule has 0 aliphatic heterocycles. The minimum Gasteiger partial charge on any atom is -0.292 e. The molecule has 0 fully saturated rings. The van der Waals surface area contributed by atoms with Crippen LogP contribution in [0.3, 0.4) is 0 Å². The highest BCUT2D eigenvalue weighted by Crippen LogP contribution is 2.37. The summed E-state index contributed by atoms with van der Waals surface area (Å²) in [5.41, 5.74) is 1.45. The summed E-state index contributed by atoms with van der Waals surface area (Å²) in [7, 11) is 0. The summed E-state index contributed by atoms with van der Waals surface area (Å²) in [5.74, 6) is -0.120. The molecule has 4 aromatic rings. The van der Waals surface area contributed by atoms with E-state index in [1.54, 1.807) is 25.2 Å². The summed E-state index contributed by atoms with van der Waals surface area (Å²) >= 11 is 3.06. The summed E-state index contributed by atoms with van der Waals surface area (Å²) in [6, 6.07) is 8.16. The van der Waals surface area contributed by atoms with Crippen molar-refractivity contribution in [2.24, 2.45) is 0 Å². The summed E-state index contributed by atoms with van der Waals surface area (Å²) < 4.78 is 14.9. The molecule has 0 radical (unpaired) electrons. The van der Waals surface area contributed by atoms with Crippen LogP contribution in [0.15, 0.2) is 40.5 Å². The van der Waals surface area contributed by atoms with Gasteiger partial charge in [-0.2, -0.15) is 0 Å². The smallest absolute Gasteiger partial charge is 0.263 e. The minimum absolute atomic E-state index is 0.128. The molecule has 0 N–H and O–H groups in total. The van der Waals surface area contributed by atoms with Gasteiger partial charge in [-0.05, 0) is 56.0 Å². The van der Waals surface area contributed by atoms with Crippen LogP contribution < -0.4 is 5.56 Å². The maximum absolute atomic E-state index is 13.5. The van der Waals surface area contributed by atoms with Crippen molar-refractivity contribution in [1.29, 1.82) is 0 Å². The lowest BCUT2D eigenvalue weighted by molar-refractivity contribution is 0.0969. The highest BCUT2D eigenvalue weighted by Gasteiger charge is 2.20. The quantitative estimate of drug-likeness (QED) is 0.437. The summed E-state index contributed by atoms with van der Waals surface area (Å²) in [6.07, 6.45) is 0. The van der Waals surface area contributed by atoms with Crippen molar-refractivity contribution in [3.05, 3.63) is 73.7 Å². The molecule has 0 amide bonds. The van der Waals surface area contributed by atoms with Gasteiger partial charge >= 0.3 is 0 Å². The van der Waals surface area contributed by atoms with E-state index in [1.807, 2.05) is 24.4 Å². The maximum atomic E-state index is 13.5. The topological polar surface area (TPSA) is 52.0 Å². The second-order valence-electron chi connectivity index (χ2n) is 6.63. The minimum atomic E-state index is -0.359. The van der Waals surface area contributed by atoms with Gasteiger partial charge in [0, 0.05) is 20.9 Å². The van der Waals surface area contributed by atoms with E-state index in [0.29, 0.717) is 27.2 Å². The zero-order valence-electron chi connectivity index (χ0n) is 15.6. The van der Waals surface area contributed by atoms with Gasteiger partial charge < -0.3 is 0 Å². The van der Waals surface area contributed by atoms with E-state index in [4.69, 9.17) is 0 Å². The molecule has 0 spiro atoms. The molecular weight excluding hydrogens is 395 g/mol. The van der Waals surface area contributed by atoms with E-state index in [1.165, 1.54) is 34.1 Å². The number of thiophene rings is 2. The van der Waals surface area contributed by atoms with Gasteiger partial charge in [0.2, 0.25) is 0 Å². The van der Waals surface area contributed by atoms with Crippen LogP contribution in [0.4, 0.5) is 4.39 Å². The largest absolute Gasteiger partial charge is 0.292 e. The average Bonchev–Trinajstić information content (AvgIpc) is 3.27.